The van der Waals surface area contributed by atoms with Crippen molar-refractivity contribution in [1.82, 2.24) is 10.6 Å². The number of hydrogen-bond acceptors (Lipinski definition) is 2. The normalized spacial score (nSPS) is 11.7. The van der Waals surface area contributed by atoms with Crippen molar-refractivity contribution in [3.05, 3.63) is 64.7 Å². The summed E-state index contributed by atoms with van der Waals surface area (Å²) in [5.41, 5.74) is 0.474. The molecule has 2 aromatic carbocycles. The average molecular weight is 355 g/mol. The second-order valence-electron chi connectivity index (χ2n) is 5.10. The van der Waals surface area contributed by atoms with Gasteiger partial charge in [-0.05, 0) is 48.9 Å². The van der Waals surface area contributed by atoms with Gasteiger partial charge in [0.2, 0.25) is 0 Å². The van der Waals surface area contributed by atoms with E-state index in [1.54, 1.807) is 31.2 Å². The summed E-state index contributed by atoms with van der Waals surface area (Å²) < 4.78 is 31.5. The molecule has 0 spiro atoms. The van der Waals surface area contributed by atoms with Crippen LogP contribution in [0.5, 0.6) is 5.75 Å². The summed E-state index contributed by atoms with van der Waals surface area (Å²) in [7, 11) is 0. The molecule has 0 fully saturated rings. The highest BCUT2D eigenvalue weighted by atomic mass is 35.5. The molecule has 1 atom stereocenters. The van der Waals surface area contributed by atoms with Gasteiger partial charge in [-0.1, -0.05) is 17.7 Å². The highest BCUT2D eigenvalue weighted by Crippen LogP contribution is 2.16. The van der Waals surface area contributed by atoms with E-state index in [4.69, 9.17) is 16.3 Å². The largest absolute Gasteiger partial charge is 0.492 e. The molecule has 0 aliphatic heterocycles. The summed E-state index contributed by atoms with van der Waals surface area (Å²) in [5.74, 6) is -1.22. The first kappa shape index (κ1) is 18.0. The Kier molecular flexibility index (Phi) is 6.37. The Hall–Kier alpha value is -2.34. The van der Waals surface area contributed by atoms with Crippen LogP contribution in [-0.4, -0.2) is 19.2 Å². The van der Waals surface area contributed by atoms with Crippen LogP contribution < -0.4 is 15.4 Å². The Morgan fingerprint density at radius 3 is 2.54 bits per heavy atom. The van der Waals surface area contributed by atoms with E-state index in [9.17, 15) is 13.6 Å². The molecule has 0 bridgehead atoms. The minimum absolute atomic E-state index is 0.286. The minimum atomic E-state index is -0.946. The molecule has 0 radical (unpaired) electrons. The van der Waals surface area contributed by atoms with Gasteiger partial charge in [0.15, 0.2) is 11.6 Å². The van der Waals surface area contributed by atoms with Crippen LogP contribution in [0.4, 0.5) is 13.6 Å². The van der Waals surface area contributed by atoms with Gasteiger partial charge in [-0.2, -0.15) is 0 Å². The van der Waals surface area contributed by atoms with Crippen molar-refractivity contribution in [2.45, 2.75) is 13.0 Å². The molecule has 0 aliphatic rings. The van der Waals surface area contributed by atoms with Gasteiger partial charge in [-0.15, -0.1) is 0 Å². The number of hydrogen-bond donors (Lipinski definition) is 2. The summed E-state index contributed by atoms with van der Waals surface area (Å²) in [5, 5.41) is 5.88. The molecule has 0 aliphatic carbocycles. The maximum absolute atomic E-state index is 13.2. The summed E-state index contributed by atoms with van der Waals surface area (Å²) >= 11 is 5.77. The summed E-state index contributed by atoms with van der Waals surface area (Å²) in [4.78, 5) is 11.8. The van der Waals surface area contributed by atoms with Crippen molar-refractivity contribution in [3.63, 3.8) is 0 Å². The fourth-order valence-corrected chi connectivity index (χ4v) is 2.10. The number of carbonyl (C=O) groups excluding carboxylic acids is 1. The first-order valence-corrected chi connectivity index (χ1v) is 7.71. The third kappa shape index (κ3) is 5.38. The Balaban J connectivity index is 1.72. The third-order valence-corrected chi connectivity index (χ3v) is 3.51. The molecule has 0 saturated carbocycles. The van der Waals surface area contributed by atoms with Crippen molar-refractivity contribution < 1.29 is 18.3 Å². The van der Waals surface area contributed by atoms with E-state index in [1.165, 1.54) is 6.07 Å². The second-order valence-corrected chi connectivity index (χ2v) is 5.53. The molecule has 1 unspecified atom stereocenters. The van der Waals surface area contributed by atoms with Gasteiger partial charge in [-0.25, -0.2) is 13.6 Å². The smallest absolute Gasteiger partial charge is 0.315 e. The molecule has 24 heavy (non-hydrogen) atoms. The van der Waals surface area contributed by atoms with Crippen LogP contribution >= 0.6 is 11.6 Å². The zero-order valence-electron chi connectivity index (χ0n) is 13.0. The highest BCUT2D eigenvalue weighted by Gasteiger charge is 2.11. The van der Waals surface area contributed by atoms with E-state index in [0.717, 1.165) is 12.1 Å². The van der Waals surface area contributed by atoms with Crippen molar-refractivity contribution in [1.29, 1.82) is 0 Å². The van der Waals surface area contributed by atoms with Crippen molar-refractivity contribution in [3.8, 4) is 5.75 Å². The lowest BCUT2D eigenvalue weighted by atomic mass is 10.1. The number of rotatable bonds is 6. The highest BCUT2D eigenvalue weighted by molar-refractivity contribution is 6.30. The predicted octanol–water partition coefficient (Wildman–Crippen LogP) is 4.06. The van der Waals surface area contributed by atoms with E-state index in [0.29, 0.717) is 22.9 Å². The molecule has 0 aromatic heterocycles. The number of halogens is 3. The third-order valence-electron chi connectivity index (χ3n) is 3.26. The monoisotopic (exact) mass is 354 g/mol. The topological polar surface area (TPSA) is 50.4 Å². The number of ether oxygens (including phenoxy) is 1. The van der Waals surface area contributed by atoms with Crippen molar-refractivity contribution in [2.75, 3.05) is 13.2 Å². The number of amides is 2. The molecule has 2 N–H and O–H groups in total. The van der Waals surface area contributed by atoms with E-state index in [-0.39, 0.29) is 6.61 Å². The lowest BCUT2D eigenvalue weighted by Crippen LogP contribution is -2.39. The van der Waals surface area contributed by atoms with Crippen LogP contribution in [0, 0.1) is 11.6 Å². The van der Waals surface area contributed by atoms with Crippen LogP contribution in [0.15, 0.2) is 42.5 Å². The summed E-state index contributed by atoms with van der Waals surface area (Å²) in [6, 6.07) is 9.50. The maximum atomic E-state index is 13.2. The van der Waals surface area contributed by atoms with Gasteiger partial charge >= 0.3 is 6.03 Å². The molecular weight excluding hydrogens is 338 g/mol. The molecule has 0 heterocycles. The molecule has 7 heteroatoms. The van der Waals surface area contributed by atoms with Crippen LogP contribution in [0.2, 0.25) is 5.02 Å². The van der Waals surface area contributed by atoms with Gasteiger partial charge in [0, 0.05) is 5.02 Å². The van der Waals surface area contributed by atoms with E-state index < -0.39 is 23.7 Å². The fraction of sp³-hybridized carbons (Fsp3) is 0.235. The lowest BCUT2D eigenvalue weighted by molar-refractivity contribution is 0.233. The van der Waals surface area contributed by atoms with E-state index in [2.05, 4.69) is 10.6 Å². The van der Waals surface area contributed by atoms with Gasteiger partial charge < -0.3 is 15.4 Å². The quantitative estimate of drug-likeness (QED) is 0.769. The first-order valence-electron chi connectivity index (χ1n) is 7.33. The van der Waals surface area contributed by atoms with Gasteiger partial charge in [0.1, 0.15) is 12.4 Å². The van der Waals surface area contributed by atoms with Gasteiger partial charge in [0.25, 0.3) is 0 Å². The van der Waals surface area contributed by atoms with Crippen molar-refractivity contribution >= 4 is 17.6 Å². The van der Waals surface area contributed by atoms with Crippen molar-refractivity contribution in [2.24, 2.45) is 0 Å². The fourth-order valence-electron chi connectivity index (χ4n) is 1.98. The molecule has 2 rings (SSSR count). The Morgan fingerprint density at radius 2 is 1.88 bits per heavy atom. The van der Waals surface area contributed by atoms with Crippen LogP contribution in [0.3, 0.4) is 0 Å². The molecule has 2 aromatic rings. The molecule has 2 amide bonds. The summed E-state index contributed by atoms with van der Waals surface area (Å²) in [6.45, 7) is 2.25. The lowest BCUT2D eigenvalue weighted by Gasteiger charge is -2.15. The number of carbonyl (C=O) groups is 1. The van der Waals surface area contributed by atoms with Crippen LogP contribution in [0.25, 0.3) is 0 Å². The Morgan fingerprint density at radius 1 is 1.17 bits per heavy atom. The van der Waals surface area contributed by atoms with Crippen LogP contribution in [0.1, 0.15) is 18.5 Å². The number of urea groups is 1. The number of benzene rings is 2. The van der Waals surface area contributed by atoms with Gasteiger partial charge in [-0.3, -0.25) is 0 Å². The van der Waals surface area contributed by atoms with E-state index in [1.807, 2.05) is 0 Å². The van der Waals surface area contributed by atoms with E-state index >= 15 is 0 Å². The summed E-state index contributed by atoms with van der Waals surface area (Å²) in [6.07, 6.45) is 0. The molecule has 128 valence electrons. The molecule has 0 saturated heterocycles. The minimum Gasteiger partial charge on any atom is -0.492 e. The van der Waals surface area contributed by atoms with Crippen LogP contribution in [-0.2, 0) is 0 Å². The first-order chi connectivity index (χ1) is 11.5. The number of nitrogens with one attached hydrogen (secondary N) is 2. The van der Waals surface area contributed by atoms with Gasteiger partial charge in [0.05, 0.1) is 12.6 Å². The predicted molar refractivity (Wildman–Crippen MR) is 88.3 cm³/mol. The molecular formula is C17H17ClF2N2O2. The zero-order chi connectivity index (χ0) is 17.5. The average Bonchev–Trinajstić information content (AvgIpc) is 2.55. The standard InChI is InChI=1S/C17H17ClF2N2O2/c1-11(12-2-7-15(19)16(20)10-12)22-17(23)21-8-9-24-14-5-3-13(18)4-6-14/h2-7,10-11H,8-9H2,1H3,(H2,21,22,23). The zero-order valence-corrected chi connectivity index (χ0v) is 13.7. The SMILES string of the molecule is CC(NC(=O)NCCOc1ccc(Cl)cc1)c1ccc(F)c(F)c1. The Bertz CT molecular complexity index is 695. The second kappa shape index (κ2) is 8.49. The molecule has 4 nitrogen and oxygen atoms in total. The Labute approximate surface area is 143 Å². The maximum Gasteiger partial charge on any atom is 0.315 e.